The number of aryl methyl sites for hydroxylation is 1. The minimum atomic E-state index is 0.151. The van der Waals surface area contributed by atoms with Crippen LogP contribution >= 0.6 is 11.3 Å². The molecule has 1 aromatic carbocycles. The number of thiazole rings is 1. The van der Waals surface area contributed by atoms with Crippen molar-refractivity contribution in [1.82, 2.24) is 14.9 Å². The Bertz CT molecular complexity index is 833. The first-order valence-corrected chi connectivity index (χ1v) is 9.37. The van der Waals surface area contributed by atoms with E-state index >= 15 is 0 Å². The third-order valence-corrected chi connectivity index (χ3v) is 5.55. The number of piperidine rings is 1. The fourth-order valence-electron chi connectivity index (χ4n) is 3.57. The first-order chi connectivity index (χ1) is 11.7. The number of likely N-dealkylation sites (tertiary alicyclic amines) is 1. The number of fused-ring (bicyclic) bond motifs is 1. The molecule has 124 valence electrons. The summed E-state index contributed by atoms with van der Waals surface area (Å²) in [6.45, 7) is 2.81. The van der Waals surface area contributed by atoms with Gasteiger partial charge in [-0.25, -0.2) is 4.98 Å². The number of amides is 1. The number of para-hydroxylation sites is 1. The van der Waals surface area contributed by atoms with Crippen molar-refractivity contribution >= 4 is 28.1 Å². The van der Waals surface area contributed by atoms with Crippen LogP contribution in [0, 0.1) is 6.92 Å². The molecule has 1 fully saturated rings. The first-order valence-electron chi connectivity index (χ1n) is 8.49. The maximum Gasteiger partial charge on any atom is 0.229 e. The number of rotatable bonds is 3. The summed E-state index contributed by atoms with van der Waals surface area (Å²) in [4.78, 5) is 22.8. The summed E-state index contributed by atoms with van der Waals surface area (Å²) in [7, 11) is 0. The Morgan fingerprint density at radius 3 is 3.04 bits per heavy atom. The summed E-state index contributed by atoms with van der Waals surface area (Å²) in [6.07, 6.45) is 3.67. The molecular weight excluding hydrogens is 318 g/mol. The van der Waals surface area contributed by atoms with Gasteiger partial charge >= 0.3 is 0 Å². The van der Waals surface area contributed by atoms with E-state index in [0.29, 0.717) is 6.42 Å². The van der Waals surface area contributed by atoms with Gasteiger partial charge in [-0.05, 0) is 43.7 Å². The summed E-state index contributed by atoms with van der Waals surface area (Å²) in [5, 5.41) is 4.22. The Hall–Kier alpha value is -2.14. The van der Waals surface area contributed by atoms with Gasteiger partial charge in [0.05, 0.1) is 23.2 Å². The van der Waals surface area contributed by atoms with E-state index in [2.05, 4.69) is 28.2 Å². The molecule has 3 heterocycles. The largest absolute Gasteiger partial charge is 0.357 e. The van der Waals surface area contributed by atoms with Crippen LogP contribution in [0.3, 0.4) is 0 Å². The third-order valence-electron chi connectivity index (χ3n) is 4.73. The van der Waals surface area contributed by atoms with Crippen molar-refractivity contribution in [2.24, 2.45) is 0 Å². The fourth-order valence-corrected chi connectivity index (χ4v) is 4.19. The van der Waals surface area contributed by atoms with Crippen LogP contribution in [0.15, 0.2) is 35.7 Å². The minimum Gasteiger partial charge on any atom is -0.357 e. The molecule has 1 aliphatic rings. The topological polar surface area (TPSA) is 49.0 Å². The van der Waals surface area contributed by atoms with Crippen LogP contribution in [0.2, 0.25) is 0 Å². The molecule has 3 aromatic rings. The van der Waals surface area contributed by atoms with E-state index < -0.39 is 0 Å². The standard InChI is InChI=1S/C19H21N3OS/c1-13-20-15(12-24-13)11-19(23)22-9-5-4-8-18(22)17-10-14-6-2-3-7-16(14)21-17/h2-3,6-7,10,12,18,21H,4-5,8-9,11H2,1H3/t18-/m0/s1. The predicted octanol–water partition coefficient (Wildman–Crippen LogP) is 4.23. The van der Waals surface area contributed by atoms with E-state index in [1.54, 1.807) is 11.3 Å². The van der Waals surface area contributed by atoms with E-state index in [1.807, 2.05) is 29.3 Å². The SMILES string of the molecule is Cc1nc(CC(=O)N2CCCC[C@H]2c2cc3ccccc3[nH]2)cs1. The number of hydrogen-bond acceptors (Lipinski definition) is 3. The quantitative estimate of drug-likeness (QED) is 0.776. The molecule has 0 radical (unpaired) electrons. The van der Waals surface area contributed by atoms with Gasteiger partial charge in [0, 0.05) is 23.1 Å². The van der Waals surface area contributed by atoms with Crippen molar-refractivity contribution in [3.05, 3.63) is 52.1 Å². The van der Waals surface area contributed by atoms with Gasteiger partial charge < -0.3 is 9.88 Å². The normalized spacial score (nSPS) is 18.2. The van der Waals surface area contributed by atoms with Gasteiger partial charge in [0.1, 0.15) is 0 Å². The highest BCUT2D eigenvalue weighted by molar-refractivity contribution is 7.09. The summed E-state index contributed by atoms with van der Waals surface area (Å²) < 4.78 is 0. The highest BCUT2D eigenvalue weighted by atomic mass is 32.1. The lowest BCUT2D eigenvalue weighted by Gasteiger charge is -2.35. The Morgan fingerprint density at radius 1 is 1.38 bits per heavy atom. The van der Waals surface area contributed by atoms with Crippen LogP contribution in [-0.4, -0.2) is 27.3 Å². The lowest BCUT2D eigenvalue weighted by Crippen LogP contribution is -2.39. The van der Waals surface area contributed by atoms with Crippen LogP contribution in [0.25, 0.3) is 10.9 Å². The number of carbonyl (C=O) groups is 1. The second-order valence-electron chi connectivity index (χ2n) is 6.45. The van der Waals surface area contributed by atoms with E-state index in [-0.39, 0.29) is 11.9 Å². The zero-order valence-electron chi connectivity index (χ0n) is 13.8. The minimum absolute atomic E-state index is 0.151. The van der Waals surface area contributed by atoms with Crippen molar-refractivity contribution < 1.29 is 4.79 Å². The summed E-state index contributed by atoms with van der Waals surface area (Å²) in [6, 6.07) is 10.6. The molecule has 4 nitrogen and oxygen atoms in total. The molecule has 5 heteroatoms. The van der Waals surface area contributed by atoms with Gasteiger partial charge in [0.2, 0.25) is 5.91 Å². The average Bonchev–Trinajstić information content (AvgIpc) is 3.20. The molecule has 0 saturated carbocycles. The molecule has 0 aliphatic carbocycles. The highest BCUT2D eigenvalue weighted by Gasteiger charge is 2.29. The molecule has 0 bridgehead atoms. The number of H-pyrrole nitrogens is 1. The smallest absolute Gasteiger partial charge is 0.229 e. The number of nitrogens with zero attached hydrogens (tertiary/aromatic N) is 2. The molecular formula is C19H21N3OS. The maximum atomic E-state index is 12.9. The molecule has 0 spiro atoms. The van der Waals surface area contributed by atoms with Gasteiger partial charge in [0.25, 0.3) is 0 Å². The van der Waals surface area contributed by atoms with Crippen LogP contribution < -0.4 is 0 Å². The van der Waals surface area contributed by atoms with E-state index in [0.717, 1.165) is 41.3 Å². The lowest BCUT2D eigenvalue weighted by atomic mass is 9.98. The molecule has 0 unspecified atom stereocenters. The van der Waals surface area contributed by atoms with Crippen molar-refractivity contribution in [3.8, 4) is 0 Å². The Kier molecular flexibility index (Phi) is 4.10. The van der Waals surface area contributed by atoms with E-state index in [4.69, 9.17) is 0 Å². The van der Waals surface area contributed by atoms with Crippen LogP contribution in [0.1, 0.15) is 41.7 Å². The van der Waals surface area contributed by atoms with Gasteiger partial charge in [-0.2, -0.15) is 0 Å². The number of nitrogens with one attached hydrogen (secondary N) is 1. The van der Waals surface area contributed by atoms with Crippen LogP contribution in [0.5, 0.6) is 0 Å². The number of aromatic amines is 1. The van der Waals surface area contributed by atoms with Gasteiger partial charge in [-0.15, -0.1) is 11.3 Å². The predicted molar refractivity (Wildman–Crippen MR) is 97.2 cm³/mol. The van der Waals surface area contributed by atoms with E-state index in [1.165, 1.54) is 11.8 Å². The van der Waals surface area contributed by atoms with Gasteiger partial charge in [-0.1, -0.05) is 18.2 Å². The molecule has 1 saturated heterocycles. The number of hydrogen-bond donors (Lipinski definition) is 1. The molecule has 1 atom stereocenters. The van der Waals surface area contributed by atoms with Gasteiger partial charge in [-0.3, -0.25) is 4.79 Å². The van der Waals surface area contributed by atoms with Crippen LogP contribution in [0.4, 0.5) is 0 Å². The fraction of sp³-hybridized carbons (Fsp3) is 0.368. The molecule has 2 aromatic heterocycles. The van der Waals surface area contributed by atoms with Crippen molar-refractivity contribution in [2.45, 2.75) is 38.6 Å². The van der Waals surface area contributed by atoms with Gasteiger partial charge in [0.15, 0.2) is 0 Å². The molecule has 1 amide bonds. The summed E-state index contributed by atoms with van der Waals surface area (Å²) >= 11 is 1.61. The number of aromatic nitrogens is 2. The van der Waals surface area contributed by atoms with E-state index in [9.17, 15) is 4.79 Å². The number of carbonyl (C=O) groups excluding carboxylic acids is 1. The Labute approximate surface area is 145 Å². The summed E-state index contributed by atoms with van der Waals surface area (Å²) in [5.74, 6) is 0.184. The molecule has 1 aliphatic heterocycles. The van der Waals surface area contributed by atoms with Crippen molar-refractivity contribution in [1.29, 1.82) is 0 Å². The second kappa shape index (κ2) is 6.40. The molecule has 4 rings (SSSR count). The second-order valence-corrected chi connectivity index (χ2v) is 7.51. The molecule has 24 heavy (non-hydrogen) atoms. The highest BCUT2D eigenvalue weighted by Crippen LogP contribution is 2.32. The number of benzene rings is 1. The zero-order chi connectivity index (χ0) is 16.5. The average molecular weight is 339 g/mol. The summed E-state index contributed by atoms with van der Waals surface area (Å²) in [5.41, 5.74) is 3.18. The Balaban J connectivity index is 1.59. The zero-order valence-corrected chi connectivity index (χ0v) is 14.6. The Morgan fingerprint density at radius 2 is 2.25 bits per heavy atom. The lowest BCUT2D eigenvalue weighted by molar-refractivity contribution is -0.134. The maximum absolute atomic E-state index is 12.9. The van der Waals surface area contributed by atoms with Crippen LogP contribution in [-0.2, 0) is 11.2 Å². The first kappa shape index (κ1) is 15.4. The molecule has 1 N–H and O–H groups in total. The monoisotopic (exact) mass is 339 g/mol. The third kappa shape index (κ3) is 2.96. The van der Waals surface area contributed by atoms with Crippen molar-refractivity contribution in [2.75, 3.05) is 6.54 Å². The van der Waals surface area contributed by atoms with Crippen molar-refractivity contribution in [3.63, 3.8) is 0 Å².